The van der Waals surface area contributed by atoms with Crippen LogP contribution < -0.4 is 9.47 Å². The van der Waals surface area contributed by atoms with Gasteiger partial charge >= 0.3 is 5.97 Å². The van der Waals surface area contributed by atoms with Crippen LogP contribution in [0.2, 0.25) is 0 Å². The number of nitrogens with zero attached hydrogens (tertiary/aromatic N) is 1. The van der Waals surface area contributed by atoms with Crippen LogP contribution in [0, 0.1) is 0 Å². The van der Waals surface area contributed by atoms with Crippen molar-refractivity contribution in [2.75, 3.05) is 14.2 Å². The lowest BCUT2D eigenvalue weighted by molar-refractivity contribution is -0.136. The number of fused-ring (bicyclic) bond motifs is 1. The van der Waals surface area contributed by atoms with Gasteiger partial charge < -0.3 is 19.7 Å². The van der Waals surface area contributed by atoms with E-state index in [0.29, 0.717) is 6.42 Å². The highest BCUT2D eigenvalue weighted by molar-refractivity contribution is 7.19. The van der Waals surface area contributed by atoms with Crippen molar-refractivity contribution >= 4 is 39.2 Å². The van der Waals surface area contributed by atoms with Gasteiger partial charge in [0.15, 0.2) is 11.5 Å². The molecule has 0 spiro atoms. The summed E-state index contributed by atoms with van der Waals surface area (Å²) in [4.78, 5) is 15.7. The highest BCUT2D eigenvalue weighted by atomic mass is 32.1. The van der Waals surface area contributed by atoms with Gasteiger partial charge in [-0.15, -0.1) is 11.3 Å². The predicted octanol–water partition coefficient (Wildman–Crippen LogP) is 4.42. The van der Waals surface area contributed by atoms with Gasteiger partial charge in [-0.1, -0.05) is 12.1 Å². The number of hydrogen-bond acceptors (Lipinski definition) is 6. The first-order chi connectivity index (χ1) is 13.0. The summed E-state index contributed by atoms with van der Waals surface area (Å²) in [6, 6.07) is 11.1. The third-order valence-corrected chi connectivity index (χ3v) is 5.13. The molecule has 0 fully saturated rings. The largest absolute Gasteiger partial charge is 0.502 e. The number of phenolic OH excluding ortho intramolecular Hbond substituents is 1. The summed E-state index contributed by atoms with van der Waals surface area (Å²) < 4.78 is 11.4. The number of carboxylic acids is 1. The Morgan fingerprint density at radius 2 is 1.81 bits per heavy atom. The minimum atomic E-state index is -0.872. The number of aromatic nitrogens is 1. The maximum atomic E-state index is 11.1. The Bertz CT molecular complexity index is 951. The molecule has 140 valence electrons. The minimum absolute atomic E-state index is 0.00584. The Hall–Kier alpha value is -3.06. The number of aromatic hydroxyl groups is 1. The standard InChI is InChI=1S/C20H19NO5S/c1-25-15-10-12(11-16(26-2)19(15)24)9-13(7-8-18(22)23)20-21-14-5-3-4-6-17(14)27-20/h3-6,9-11,24H,7-8H2,1-2H3,(H,22,23)/b13-9+. The topological polar surface area (TPSA) is 88.9 Å². The maximum absolute atomic E-state index is 11.1. The van der Waals surface area contributed by atoms with Gasteiger partial charge in [-0.05, 0) is 47.9 Å². The normalized spacial score (nSPS) is 11.6. The van der Waals surface area contributed by atoms with Crippen LogP contribution in [0.15, 0.2) is 36.4 Å². The zero-order valence-electron chi connectivity index (χ0n) is 14.9. The summed E-state index contributed by atoms with van der Waals surface area (Å²) in [6.45, 7) is 0. The molecule has 0 unspecified atom stereocenters. The average molecular weight is 385 g/mol. The number of ether oxygens (including phenoxy) is 2. The number of benzene rings is 2. The third kappa shape index (κ3) is 4.20. The number of carbonyl (C=O) groups is 1. The van der Waals surface area contributed by atoms with Gasteiger partial charge in [0.2, 0.25) is 5.75 Å². The van der Waals surface area contributed by atoms with Crippen molar-refractivity contribution < 1.29 is 24.5 Å². The SMILES string of the molecule is COc1cc(/C=C(\CCC(=O)O)c2nc3ccccc3s2)cc(OC)c1O. The van der Waals surface area contributed by atoms with Gasteiger partial charge in [-0.2, -0.15) is 0 Å². The quantitative estimate of drug-likeness (QED) is 0.626. The molecule has 0 bridgehead atoms. The second-order valence-electron chi connectivity index (χ2n) is 5.82. The molecule has 0 aliphatic carbocycles. The number of para-hydroxylation sites is 1. The molecular formula is C20H19NO5S. The number of allylic oxidation sites excluding steroid dienone is 1. The molecule has 0 amide bonds. The van der Waals surface area contributed by atoms with E-state index in [1.54, 1.807) is 12.1 Å². The van der Waals surface area contributed by atoms with Crippen LogP contribution in [0.3, 0.4) is 0 Å². The molecule has 0 saturated carbocycles. The number of thiazole rings is 1. The lowest BCUT2D eigenvalue weighted by Crippen LogP contribution is -1.96. The van der Waals surface area contributed by atoms with Crippen LogP contribution in [0.5, 0.6) is 17.2 Å². The van der Waals surface area contributed by atoms with Crippen LogP contribution in [0.1, 0.15) is 23.4 Å². The molecular weight excluding hydrogens is 366 g/mol. The Balaban J connectivity index is 2.08. The Morgan fingerprint density at radius 3 is 2.41 bits per heavy atom. The smallest absolute Gasteiger partial charge is 0.303 e. The fourth-order valence-electron chi connectivity index (χ4n) is 2.69. The summed E-state index contributed by atoms with van der Waals surface area (Å²) in [7, 11) is 2.92. The van der Waals surface area contributed by atoms with E-state index >= 15 is 0 Å². The van der Waals surface area contributed by atoms with E-state index in [2.05, 4.69) is 4.98 Å². The van der Waals surface area contributed by atoms with E-state index in [1.165, 1.54) is 25.6 Å². The summed E-state index contributed by atoms with van der Waals surface area (Å²) in [5.41, 5.74) is 2.40. The van der Waals surface area contributed by atoms with Gasteiger partial charge in [0.25, 0.3) is 0 Å². The van der Waals surface area contributed by atoms with Gasteiger partial charge in [0.05, 0.1) is 24.4 Å². The number of hydrogen-bond donors (Lipinski definition) is 2. The van der Waals surface area contributed by atoms with Crippen LogP contribution in [-0.4, -0.2) is 35.4 Å². The number of phenols is 1. The first-order valence-corrected chi connectivity index (χ1v) is 9.06. The molecule has 2 N–H and O–H groups in total. The molecule has 6 nitrogen and oxygen atoms in total. The minimum Gasteiger partial charge on any atom is -0.502 e. The lowest BCUT2D eigenvalue weighted by atomic mass is 10.1. The zero-order chi connectivity index (χ0) is 19.4. The van der Waals surface area contributed by atoms with E-state index < -0.39 is 5.97 Å². The molecule has 7 heteroatoms. The Kier molecular flexibility index (Phi) is 5.61. The van der Waals surface area contributed by atoms with Crippen molar-refractivity contribution in [3.05, 3.63) is 47.0 Å². The Labute approximate surface area is 160 Å². The molecule has 1 heterocycles. The van der Waals surface area contributed by atoms with Crippen LogP contribution >= 0.6 is 11.3 Å². The second kappa shape index (κ2) is 8.09. The summed E-state index contributed by atoms with van der Waals surface area (Å²) in [5.74, 6) is -0.392. The highest BCUT2D eigenvalue weighted by Crippen LogP contribution is 2.39. The number of rotatable bonds is 7. The van der Waals surface area contributed by atoms with E-state index in [9.17, 15) is 9.90 Å². The molecule has 0 aliphatic rings. The fourth-order valence-corrected chi connectivity index (χ4v) is 3.70. The van der Waals surface area contributed by atoms with Crippen molar-refractivity contribution in [3.63, 3.8) is 0 Å². The molecule has 3 aromatic rings. The molecule has 27 heavy (non-hydrogen) atoms. The van der Waals surface area contributed by atoms with Crippen molar-refractivity contribution in [1.29, 1.82) is 0 Å². The van der Waals surface area contributed by atoms with E-state index in [1.807, 2.05) is 30.3 Å². The van der Waals surface area contributed by atoms with E-state index in [4.69, 9.17) is 14.6 Å². The van der Waals surface area contributed by atoms with Crippen molar-refractivity contribution in [2.45, 2.75) is 12.8 Å². The van der Waals surface area contributed by atoms with Crippen LogP contribution in [0.25, 0.3) is 21.9 Å². The van der Waals surface area contributed by atoms with E-state index in [-0.39, 0.29) is 23.7 Å². The fraction of sp³-hybridized carbons (Fsp3) is 0.200. The van der Waals surface area contributed by atoms with Gasteiger partial charge in [0.1, 0.15) is 5.01 Å². The Morgan fingerprint density at radius 1 is 1.15 bits per heavy atom. The predicted molar refractivity (Wildman–Crippen MR) is 106 cm³/mol. The molecule has 0 atom stereocenters. The molecule has 0 aliphatic heterocycles. The van der Waals surface area contributed by atoms with Crippen molar-refractivity contribution in [2.24, 2.45) is 0 Å². The summed E-state index contributed by atoms with van der Waals surface area (Å²) in [6.07, 6.45) is 2.18. The second-order valence-corrected chi connectivity index (χ2v) is 6.85. The van der Waals surface area contributed by atoms with Gasteiger partial charge in [-0.25, -0.2) is 4.98 Å². The van der Waals surface area contributed by atoms with Crippen LogP contribution in [-0.2, 0) is 4.79 Å². The lowest BCUT2D eigenvalue weighted by Gasteiger charge is -2.10. The van der Waals surface area contributed by atoms with Crippen molar-refractivity contribution in [3.8, 4) is 17.2 Å². The van der Waals surface area contributed by atoms with Gasteiger partial charge in [-0.3, -0.25) is 4.79 Å². The molecule has 3 rings (SSSR count). The maximum Gasteiger partial charge on any atom is 0.303 e. The summed E-state index contributed by atoms with van der Waals surface area (Å²) in [5, 5.41) is 19.9. The zero-order valence-corrected chi connectivity index (χ0v) is 15.7. The molecule has 2 aromatic carbocycles. The number of aliphatic carboxylic acids is 1. The summed E-state index contributed by atoms with van der Waals surface area (Å²) >= 11 is 1.52. The number of carboxylic acid groups (broad SMARTS) is 1. The van der Waals surface area contributed by atoms with E-state index in [0.717, 1.165) is 26.4 Å². The third-order valence-electron chi connectivity index (χ3n) is 4.02. The molecule has 0 radical (unpaired) electrons. The highest BCUT2D eigenvalue weighted by Gasteiger charge is 2.14. The molecule has 1 aromatic heterocycles. The van der Waals surface area contributed by atoms with Crippen molar-refractivity contribution in [1.82, 2.24) is 4.98 Å². The number of methoxy groups -OCH3 is 2. The van der Waals surface area contributed by atoms with Gasteiger partial charge in [0, 0.05) is 6.42 Å². The average Bonchev–Trinajstić information content (AvgIpc) is 3.09. The first kappa shape index (κ1) is 18.7. The first-order valence-electron chi connectivity index (χ1n) is 8.25. The monoisotopic (exact) mass is 385 g/mol. The molecule has 0 saturated heterocycles. The van der Waals surface area contributed by atoms with Crippen LogP contribution in [0.4, 0.5) is 0 Å².